The summed E-state index contributed by atoms with van der Waals surface area (Å²) in [5.74, 6) is 0. The Morgan fingerprint density at radius 3 is 2.38 bits per heavy atom. The summed E-state index contributed by atoms with van der Waals surface area (Å²) in [5, 5.41) is 0. The zero-order valence-electron chi connectivity index (χ0n) is 8.35. The lowest BCUT2D eigenvalue weighted by Gasteiger charge is -2.09. The minimum absolute atomic E-state index is 0.607. The molecule has 2 aromatic rings. The van der Waals surface area contributed by atoms with Gasteiger partial charge in [-0.25, -0.2) is 0 Å². The molecular formula is C12H9BrN2S. The fraction of sp³-hybridized carbons (Fsp3) is 0. The minimum Gasteiger partial charge on any atom is -0.396 e. The molecule has 0 atom stereocenters. The first-order chi connectivity index (χ1) is 7.74. The summed E-state index contributed by atoms with van der Waals surface area (Å²) in [7, 11) is 0. The van der Waals surface area contributed by atoms with Crippen molar-refractivity contribution in [1.82, 2.24) is 0 Å². The highest BCUT2D eigenvalue weighted by Gasteiger charge is 2.09. The van der Waals surface area contributed by atoms with Crippen molar-refractivity contribution in [2.24, 2.45) is 4.36 Å². The van der Waals surface area contributed by atoms with Crippen molar-refractivity contribution in [2.75, 3.05) is 5.73 Å². The van der Waals surface area contributed by atoms with Crippen LogP contribution < -0.4 is 5.73 Å². The van der Waals surface area contributed by atoms with Crippen LogP contribution in [0.3, 0.4) is 0 Å². The second-order valence-corrected chi connectivity index (χ2v) is 4.35. The Morgan fingerprint density at radius 1 is 1.06 bits per heavy atom. The summed E-state index contributed by atoms with van der Waals surface area (Å²) in [6.07, 6.45) is 0. The Kier molecular flexibility index (Phi) is 3.31. The lowest BCUT2D eigenvalue weighted by atomic mass is 10.0. The van der Waals surface area contributed by atoms with E-state index in [2.05, 4.69) is 20.3 Å². The Hall–Kier alpha value is -1.26. The van der Waals surface area contributed by atoms with Crippen LogP contribution in [0.5, 0.6) is 0 Å². The van der Waals surface area contributed by atoms with Crippen molar-refractivity contribution in [2.45, 2.75) is 0 Å². The average molecular weight is 293 g/mol. The van der Waals surface area contributed by atoms with Crippen LogP contribution in [-0.4, -0.2) is 0 Å². The quantitative estimate of drug-likeness (QED) is 0.848. The molecule has 80 valence electrons. The highest BCUT2D eigenvalue weighted by molar-refractivity contribution is 9.10. The van der Waals surface area contributed by atoms with Gasteiger partial charge in [0.25, 0.3) is 0 Å². The molecule has 0 saturated carbocycles. The van der Waals surface area contributed by atoms with E-state index in [-0.39, 0.29) is 0 Å². The van der Waals surface area contributed by atoms with E-state index in [1.54, 1.807) is 0 Å². The molecule has 0 heterocycles. The van der Waals surface area contributed by atoms with Gasteiger partial charge in [-0.1, -0.05) is 36.4 Å². The number of halogens is 1. The van der Waals surface area contributed by atoms with Crippen LogP contribution in [0.2, 0.25) is 0 Å². The highest BCUT2D eigenvalue weighted by Crippen LogP contribution is 2.38. The molecule has 0 unspecified atom stereocenters. The van der Waals surface area contributed by atoms with Crippen molar-refractivity contribution < 1.29 is 0 Å². The summed E-state index contributed by atoms with van der Waals surface area (Å²) in [6, 6.07) is 13.8. The third kappa shape index (κ3) is 1.99. The second kappa shape index (κ2) is 4.72. The van der Waals surface area contributed by atoms with Crippen LogP contribution in [-0.2, 0) is 12.4 Å². The van der Waals surface area contributed by atoms with Gasteiger partial charge in [-0.2, -0.15) is 4.36 Å². The summed E-state index contributed by atoms with van der Waals surface area (Å²) in [6.45, 7) is 0. The van der Waals surface area contributed by atoms with E-state index in [0.717, 1.165) is 15.6 Å². The lowest BCUT2D eigenvalue weighted by Crippen LogP contribution is -1.91. The molecule has 0 aromatic heterocycles. The largest absolute Gasteiger partial charge is 0.396 e. The van der Waals surface area contributed by atoms with Gasteiger partial charge in [-0.05, 0) is 27.6 Å². The van der Waals surface area contributed by atoms with Gasteiger partial charge in [0.1, 0.15) is 5.69 Å². The molecule has 0 aliphatic carbocycles. The smallest absolute Gasteiger partial charge is 0.115 e. The number of rotatable bonds is 2. The monoisotopic (exact) mass is 292 g/mol. The van der Waals surface area contributed by atoms with Crippen LogP contribution in [0.15, 0.2) is 51.3 Å². The minimum atomic E-state index is 0.607. The number of nitrogens with zero attached hydrogens (tertiary/aromatic N) is 1. The number of nitrogens with two attached hydrogens (primary N) is 1. The van der Waals surface area contributed by atoms with Gasteiger partial charge >= 0.3 is 0 Å². The maximum atomic E-state index is 6.04. The first-order valence-corrected chi connectivity index (χ1v) is 5.86. The Morgan fingerprint density at radius 2 is 1.75 bits per heavy atom. The molecule has 2 aromatic carbocycles. The van der Waals surface area contributed by atoms with Crippen LogP contribution in [0, 0.1) is 0 Å². The van der Waals surface area contributed by atoms with Crippen LogP contribution in [0.4, 0.5) is 11.4 Å². The number of hydrogen-bond donors (Lipinski definition) is 1. The van der Waals surface area contributed by atoms with E-state index in [1.165, 1.54) is 0 Å². The molecule has 16 heavy (non-hydrogen) atoms. The number of nitrogen functional groups attached to an aromatic ring is 1. The van der Waals surface area contributed by atoms with Crippen molar-refractivity contribution in [3.05, 3.63) is 46.9 Å². The van der Waals surface area contributed by atoms with Crippen LogP contribution >= 0.6 is 15.9 Å². The van der Waals surface area contributed by atoms with Gasteiger partial charge in [-0.3, -0.25) is 0 Å². The Bertz CT molecular complexity index is 526. The second-order valence-electron chi connectivity index (χ2n) is 3.31. The molecule has 2 nitrogen and oxygen atoms in total. The fourth-order valence-corrected chi connectivity index (χ4v) is 2.29. The molecule has 2 N–H and O–H groups in total. The number of anilines is 1. The van der Waals surface area contributed by atoms with Crippen molar-refractivity contribution >= 4 is 39.7 Å². The maximum absolute atomic E-state index is 6.04. The predicted molar refractivity (Wildman–Crippen MR) is 73.4 cm³/mol. The molecule has 2 rings (SSSR count). The SMILES string of the molecule is Nc1c(-c2ccccc2)ccc(Br)c1N=S. The summed E-state index contributed by atoms with van der Waals surface area (Å²) >= 11 is 8.09. The first-order valence-electron chi connectivity index (χ1n) is 4.71. The normalized spacial score (nSPS) is 10.1. The summed E-state index contributed by atoms with van der Waals surface area (Å²) in [4.78, 5) is 0. The molecule has 0 amide bonds. The molecule has 0 radical (unpaired) electrons. The lowest BCUT2D eigenvalue weighted by molar-refractivity contribution is 1.51. The third-order valence-electron chi connectivity index (χ3n) is 2.34. The molecule has 0 bridgehead atoms. The fourth-order valence-electron chi connectivity index (χ4n) is 1.54. The molecule has 4 heteroatoms. The Balaban J connectivity index is 2.64. The van der Waals surface area contributed by atoms with Crippen molar-refractivity contribution in [3.63, 3.8) is 0 Å². The molecule has 0 aliphatic rings. The van der Waals surface area contributed by atoms with Gasteiger partial charge in [0.2, 0.25) is 0 Å². The van der Waals surface area contributed by atoms with Gasteiger partial charge < -0.3 is 5.73 Å². The van der Waals surface area contributed by atoms with Crippen LogP contribution in [0.25, 0.3) is 11.1 Å². The van der Waals surface area contributed by atoms with E-state index in [0.29, 0.717) is 11.4 Å². The first kappa shape index (κ1) is 11.2. The van der Waals surface area contributed by atoms with Gasteiger partial charge in [0, 0.05) is 22.5 Å². The molecular weight excluding hydrogens is 284 g/mol. The number of benzene rings is 2. The van der Waals surface area contributed by atoms with Gasteiger partial charge in [0.15, 0.2) is 0 Å². The average Bonchev–Trinajstić information content (AvgIpc) is 2.31. The van der Waals surface area contributed by atoms with Crippen molar-refractivity contribution in [1.29, 1.82) is 0 Å². The zero-order valence-corrected chi connectivity index (χ0v) is 10.8. The molecule has 0 fully saturated rings. The van der Waals surface area contributed by atoms with E-state index in [1.807, 2.05) is 42.5 Å². The molecule has 0 saturated heterocycles. The third-order valence-corrected chi connectivity index (χ3v) is 3.17. The van der Waals surface area contributed by atoms with Gasteiger partial charge in [-0.15, -0.1) is 0 Å². The highest BCUT2D eigenvalue weighted by atomic mass is 79.9. The van der Waals surface area contributed by atoms with E-state index in [9.17, 15) is 0 Å². The predicted octanol–water partition coefficient (Wildman–Crippen LogP) is 4.06. The Labute approximate surface area is 108 Å². The molecule has 0 spiro atoms. The topological polar surface area (TPSA) is 38.4 Å². The number of hydrogen-bond acceptors (Lipinski definition) is 3. The summed E-state index contributed by atoms with van der Waals surface area (Å²) in [5.41, 5.74) is 9.28. The van der Waals surface area contributed by atoms with E-state index in [4.69, 9.17) is 18.2 Å². The van der Waals surface area contributed by atoms with E-state index >= 15 is 0 Å². The maximum Gasteiger partial charge on any atom is 0.115 e. The van der Waals surface area contributed by atoms with Crippen molar-refractivity contribution in [3.8, 4) is 11.1 Å². The molecule has 0 aliphatic heterocycles. The van der Waals surface area contributed by atoms with Crippen LogP contribution in [0.1, 0.15) is 0 Å². The summed E-state index contributed by atoms with van der Waals surface area (Å²) < 4.78 is 4.59. The standard InChI is InChI=1S/C12H9BrN2S/c13-10-7-6-9(11(14)12(10)15-16)8-4-2-1-3-5-8/h1-7H,14H2. The zero-order chi connectivity index (χ0) is 11.5. The van der Waals surface area contributed by atoms with Gasteiger partial charge in [0.05, 0.1) is 5.69 Å². The van der Waals surface area contributed by atoms with E-state index < -0.39 is 0 Å².